The Balaban J connectivity index is 1.90. The van der Waals surface area contributed by atoms with Crippen molar-refractivity contribution in [2.24, 2.45) is 0 Å². The van der Waals surface area contributed by atoms with E-state index in [1.807, 2.05) is 25.1 Å². The first-order valence-electron chi connectivity index (χ1n) is 10.0. The van der Waals surface area contributed by atoms with E-state index in [1.54, 1.807) is 42.0 Å². The van der Waals surface area contributed by atoms with Gasteiger partial charge in [-0.15, -0.1) is 0 Å². The molecule has 0 unspecified atom stereocenters. The number of fused-ring (bicyclic) bond motifs is 1. The molecule has 6 nitrogen and oxygen atoms in total. The number of aromatic nitrogens is 2. The van der Waals surface area contributed by atoms with Crippen LogP contribution in [0.25, 0.3) is 10.9 Å². The molecule has 1 aromatic heterocycles. The Morgan fingerprint density at radius 1 is 1.17 bits per heavy atom. The number of quaternary nitrogens is 1. The zero-order valence-electron chi connectivity index (χ0n) is 17.8. The highest BCUT2D eigenvalue weighted by Gasteiger charge is 2.21. The minimum absolute atomic E-state index is 0.00523. The number of ether oxygens (including phenoxy) is 1. The van der Waals surface area contributed by atoms with Crippen LogP contribution in [0.1, 0.15) is 23.7 Å². The smallest absolute Gasteiger partial charge is 0.262 e. The predicted octanol–water partition coefficient (Wildman–Crippen LogP) is 2.30. The van der Waals surface area contributed by atoms with E-state index < -0.39 is 0 Å². The van der Waals surface area contributed by atoms with Crippen molar-refractivity contribution in [3.8, 4) is 5.75 Å². The fourth-order valence-electron chi connectivity index (χ4n) is 3.23. The molecule has 1 atom stereocenters. The highest BCUT2D eigenvalue weighted by atomic mass is 32.2. The van der Waals surface area contributed by atoms with Gasteiger partial charge in [0.1, 0.15) is 5.75 Å². The number of benzene rings is 2. The van der Waals surface area contributed by atoms with Gasteiger partial charge >= 0.3 is 0 Å². The fraction of sp³-hybridized carbons (Fsp3) is 0.348. The number of carbonyl (C=O) groups excluding carboxylic acids is 1. The lowest BCUT2D eigenvalue weighted by atomic mass is 10.1. The molecule has 3 aromatic rings. The van der Waals surface area contributed by atoms with Gasteiger partial charge in [0.2, 0.25) is 0 Å². The van der Waals surface area contributed by atoms with E-state index >= 15 is 0 Å². The number of methoxy groups -OCH3 is 1. The number of Topliss-reactive ketones (excluding diaryl/α,β-unsaturated/α-hetero) is 1. The Kier molecular flexibility index (Phi) is 7.29. The first kappa shape index (κ1) is 22.1. The van der Waals surface area contributed by atoms with Crippen LogP contribution in [0.4, 0.5) is 0 Å². The highest BCUT2D eigenvalue weighted by molar-refractivity contribution is 8.00. The Morgan fingerprint density at radius 3 is 2.53 bits per heavy atom. The number of thioether (sulfide) groups is 1. The number of ketones is 1. The van der Waals surface area contributed by atoms with Crippen LogP contribution in [-0.2, 0) is 6.54 Å². The molecule has 0 aliphatic rings. The molecule has 0 saturated carbocycles. The maximum absolute atomic E-state index is 13.1. The molecule has 0 aliphatic heterocycles. The van der Waals surface area contributed by atoms with E-state index in [-0.39, 0.29) is 16.6 Å². The zero-order valence-corrected chi connectivity index (χ0v) is 18.7. The molecule has 0 spiro atoms. The molecule has 0 fully saturated rings. The van der Waals surface area contributed by atoms with Crippen LogP contribution >= 0.6 is 11.8 Å². The van der Waals surface area contributed by atoms with Gasteiger partial charge in [-0.25, -0.2) is 4.98 Å². The number of carbonyl (C=O) groups is 1. The summed E-state index contributed by atoms with van der Waals surface area (Å²) in [5, 5.41) is 0.812. The van der Waals surface area contributed by atoms with Crippen molar-refractivity contribution in [1.29, 1.82) is 0 Å². The number of para-hydroxylation sites is 1. The summed E-state index contributed by atoms with van der Waals surface area (Å²) < 4.78 is 6.88. The standard InChI is InChI=1S/C23H27N3O3S/c1-16(21(27)17-10-12-18(29-4)13-11-17)30-23-24-20-9-6-5-8-19(20)22(28)26(23)15-7-14-25(2)3/h5-6,8-13,16H,7,14-15H2,1-4H3/p+1/t16-/m1/s1. The summed E-state index contributed by atoms with van der Waals surface area (Å²) in [4.78, 5) is 32.1. The van der Waals surface area contributed by atoms with Gasteiger partial charge in [0.15, 0.2) is 10.9 Å². The van der Waals surface area contributed by atoms with Gasteiger partial charge in [0, 0.05) is 18.5 Å². The van der Waals surface area contributed by atoms with Gasteiger partial charge in [0.05, 0.1) is 43.9 Å². The Hall–Kier alpha value is -2.64. The molecule has 158 valence electrons. The first-order chi connectivity index (χ1) is 14.4. The van der Waals surface area contributed by atoms with Gasteiger partial charge in [-0.05, 0) is 43.3 Å². The summed E-state index contributed by atoms with van der Waals surface area (Å²) in [5.74, 6) is 0.703. The Labute approximate surface area is 180 Å². The van der Waals surface area contributed by atoms with Gasteiger partial charge in [-0.3, -0.25) is 14.2 Å². The first-order valence-corrected chi connectivity index (χ1v) is 10.9. The monoisotopic (exact) mass is 426 g/mol. The van der Waals surface area contributed by atoms with E-state index in [0.29, 0.717) is 33.9 Å². The number of nitrogens with zero attached hydrogens (tertiary/aromatic N) is 2. The molecule has 7 heteroatoms. The average molecular weight is 427 g/mol. The summed E-state index contributed by atoms with van der Waals surface area (Å²) >= 11 is 1.34. The van der Waals surface area contributed by atoms with Gasteiger partial charge in [-0.1, -0.05) is 23.9 Å². The summed E-state index contributed by atoms with van der Waals surface area (Å²) in [7, 11) is 5.77. The van der Waals surface area contributed by atoms with Crippen molar-refractivity contribution in [1.82, 2.24) is 9.55 Å². The minimum atomic E-state index is -0.378. The summed E-state index contributed by atoms with van der Waals surface area (Å²) in [6.07, 6.45) is 0.858. The SMILES string of the molecule is COc1ccc(C(=O)[C@@H](C)Sc2nc3ccccc3c(=O)n2CCC[NH+](C)C)cc1. The second-order valence-corrected chi connectivity index (χ2v) is 8.84. The van der Waals surface area contributed by atoms with Crippen molar-refractivity contribution in [3.63, 3.8) is 0 Å². The number of nitrogens with one attached hydrogen (secondary N) is 1. The number of rotatable bonds is 9. The molecular weight excluding hydrogens is 398 g/mol. The third-order valence-corrected chi connectivity index (χ3v) is 6.00. The van der Waals surface area contributed by atoms with Gasteiger partial charge in [0.25, 0.3) is 5.56 Å². The quantitative estimate of drug-likeness (QED) is 0.323. The van der Waals surface area contributed by atoms with E-state index in [1.165, 1.54) is 16.7 Å². The topological polar surface area (TPSA) is 65.6 Å². The van der Waals surface area contributed by atoms with Crippen molar-refractivity contribution in [2.75, 3.05) is 27.7 Å². The molecule has 1 heterocycles. The summed E-state index contributed by atoms with van der Waals surface area (Å²) in [5.41, 5.74) is 1.21. The normalized spacial score (nSPS) is 12.3. The van der Waals surface area contributed by atoms with Crippen LogP contribution in [-0.4, -0.2) is 48.3 Å². The van der Waals surface area contributed by atoms with Crippen molar-refractivity contribution < 1.29 is 14.4 Å². The second-order valence-electron chi connectivity index (χ2n) is 7.53. The van der Waals surface area contributed by atoms with Gasteiger partial charge < -0.3 is 9.64 Å². The van der Waals surface area contributed by atoms with Crippen LogP contribution in [0.15, 0.2) is 58.5 Å². The predicted molar refractivity (Wildman–Crippen MR) is 121 cm³/mol. The molecule has 30 heavy (non-hydrogen) atoms. The molecule has 1 N–H and O–H groups in total. The van der Waals surface area contributed by atoms with Crippen LogP contribution < -0.4 is 15.2 Å². The lowest BCUT2D eigenvalue weighted by molar-refractivity contribution is -0.858. The lowest BCUT2D eigenvalue weighted by Crippen LogP contribution is -3.05. The molecular formula is C23H28N3O3S+. The van der Waals surface area contributed by atoms with Crippen molar-refractivity contribution >= 4 is 28.4 Å². The van der Waals surface area contributed by atoms with Crippen LogP contribution in [0.2, 0.25) is 0 Å². The van der Waals surface area contributed by atoms with E-state index in [4.69, 9.17) is 9.72 Å². The fourth-order valence-corrected chi connectivity index (χ4v) is 4.24. The lowest BCUT2D eigenvalue weighted by Gasteiger charge is -2.16. The van der Waals surface area contributed by atoms with Crippen LogP contribution in [0.5, 0.6) is 5.75 Å². The minimum Gasteiger partial charge on any atom is -0.497 e. The van der Waals surface area contributed by atoms with Crippen LogP contribution in [0, 0.1) is 0 Å². The molecule has 3 rings (SSSR count). The molecule has 0 amide bonds. The molecule has 0 radical (unpaired) electrons. The zero-order chi connectivity index (χ0) is 21.7. The second kappa shape index (κ2) is 9.91. The largest absolute Gasteiger partial charge is 0.497 e. The highest BCUT2D eigenvalue weighted by Crippen LogP contribution is 2.26. The average Bonchev–Trinajstić information content (AvgIpc) is 2.75. The van der Waals surface area contributed by atoms with Crippen molar-refractivity contribution in [3.05, 3.63) is 64.4 Å². The molecule has 0 bridgehead atoms. The summed E-state index contributed by atoms with van der Waals surface area (Å²) in [6.45, 7) is 3.38. The molecule has 0 aliphatic carbocycles. The maximum Gasteiger partial charge on any atom is 0.262 e. The van der Waals surface area contributed by atoms with Crippen LogP contribution in [0.3, 0.4) is 0 Å². The third kappa shape index (κ3) is 5.09. The third-order valence-electron chi connectivity index (χ3n) is 4.91. The van der Waals surface area contributed by atoms with E-state index in [2.05, 4.69) is 14.1 Å². The molecule has 2 aromatic carbocycles. The van der Waals surface area contributed by atoms with Crippen molar-refractivity contribution in [2.45, 2.75) is 30.3 Å². The van der Waals surface area contributed by atoms with E-state index in [0.717, 1.165) is 13.0 Å². The van der Waals surface area contributed by atoms with Gasteiger partial charge in [-0.2, -0.15) is 0 Å². The Bertz CT molecular complexity index is 1080. The number of hydrogen-bond donors (Lipinski definition) is 1. The molecule has 0 saturated heterocycles. The van der Waals surface area contributed by atoms with E-state index in [9.17, 15) is 9.59 Å². The number of hydrogen-bond acceptors (Lipinski definition) is 5. The maximum atomic E-state index is 13.1. The Morgan fingerprint density at radius 2 is 1.87 bits per heavy atom. The summed E-state index contributed by atoms with van der Waals surface area (Å²) in [6, 6.07) is 14.4.